The molecule has 104 valence electrons. The van der Waals surface area contributed by atoms with E-state index in [1.807, 2.05) is 18.0 Å². The van der Waals surface area contributed by atoms with E-state index < -0.39 is 0 Å². The number of pyridine rings is 1. The molecule has 0 saturated carbocycles. The predicted octanol–water partition coefficient (Wildman–Crippen LogP) is 1.29. The van der Waals surface area contributed by atoms with Crippen LogP contribution in [0, 0.1) is 0 Å². The second kappa shape index (κ2) is 5.17. The first-order valence-corrected chi connectivity index (χ1v) is 6.58. The van der Waals surface area contributed by atoms with E-state index in [9.17, 15) is 4.79 Å². The molecule has 2 heterocycles. The second-order valence-electron chi connectivity index (χ2n) is 5.64. The van der Waals surface area contributed by atoms with Crippen molar-refractivity contribution < 1.29 is 4.79 Å². The summed E-state index contributed by atoms with van der Waals surface area (Å²) in [5.74, 6) is 0.0123. The first-order chi connectivity index (χ1) is 8.94. The van der Waals surface area contributed by atoms with Crippen molar-refractivity contribution in [1.29, 1.82) is 0 Å². The first kappa shape index (κ1) is 13.8. The van der Waals surface area contributed by atoms with Gasteiger partial charge in [0.2, 0.25) is 0 Å². The van der Waals surface area contributed by atoms with Crippen LogP contribution in [0.5, 0.6) is 0 Å². The highest BCUT2D eigenvalue weighted by molar-refractivity contribution is 5.93. The van der Waals surface area contributed by atoms with Crippen LogP contribution in [0.3, 0.4) is 0 Å². The summed E-state index contributed by atoms with van der Waals surface area (Å²) in [6.07, 6.45) is 1.67. The number of rotatable bonds is 2. The summed E-state index contributed by atoms with van der Waals surface area (Å²) in [4.78, 5) is 20.8. The fourth-order valence-electron chi connectivity index (χ4n) is 2.28. The highest BCUT2D eigenvalue weighted by Gasteiger charge is 2.33. The van der Waals surface area contributed by atoms with Crippen LogP contribution in [0.1, 0.15) is 24.3 Å². The molecule has 1 aromatic rings. The third kappa shape index (κ3) is 2.87. The number of nitrogens with zero attached hydrogens (tertiary/aromatic N) is 3. The van der Waals surface area contributed by atoms with Crippen molar-refractivity contribution in [3.8, 4) is 0 Å². The van der Waals surface area contributed by atoms with Gasteiger partial charge in [-0.05, 0) is 33.0 Å². The molecule has 0 aliphatic carbocycles. The second-order valence-corrected chi connectivity index (χ2v) is 5.64. The van der Waals surface area contributed by atoms with Gasteiger partial charge in [0, 0.05) is 44.1 Å². The van der Waals surface area contributed by atoms with Crippen molar-refractivity contribution in [2.45, 2.75) is 19.4 Å². The van der Waals surface area contributed by atoms with Crippen LogP contribution in [0.4, 0.5) is 5.69 Å². The highest BCUT2D eigenvalue weighted by atomic mass is 16.2. The van der Waals surface area contributed by atoms with Crippen molar-refractivity contribution in [2.24, 2.45) is 0 Å². The van der Waals surface area contributed by atoms with Gasteiger partial charge in [-0.3, -0.25) is 14.7 Å². The Morgan fingerprint density at radius 1 is 1.42 bits per heavy atom. The fraction of sp³-hybridized carbons (Fsp3) is 0.571. The van der Waals surface area contributed by atoms with Gasteiger partial charge in [0.15, 0.2) is 0 Å². The minimum atomic E-state index is 0.00846. The zero-order chi connectivity index (χ0) is 14.0. The molecule has 0 radical (unpaired) electrons. The van der Waals surface area contributed by atoms with Crippen molar-refractivity contribution in [3.63, 3.8) is 0 Å². The number of carbonyl (C=O) groups excluding carboxylic acids is 1. The molecule has 1 aromatic heterocycles. The normalized spacial score (nSPS) is 19.3. The van der Waals surface area contributed by atoms with E-state index in [2.05, 4.69) is 36.1 Å². The lowest BCUT2D eigenvalue weighted by Gasteiger charge is -2.45. The van der Waals surface area contributed by atoms with Crippen LogP contribution in [0.2, 0.25) is 0 Å². The number of piperazine rings is 1. The van der Waals surface area contributed by atoms with Crippen LogP contribution >= 0.6 is 0 Å². The highest BCUT2D eigenvalue weighted by Crippen LogP contribution is 2.20. The lowest BCUT2D eigenvalue weighted by Crippen LogP contribution is -2.58. The number of amides is 1. The van der Waals surface area contributed by atoms with Gasteiger partial charge in [-0.2, -0.15) is 0 Å². The summed E-state index contributed by atoms with van der Waals surface area (Å²) in [6.45, 7) is 6.69. The molecule has 1 saturated heterocycles. The third-order valence-electron chi connectivity index (χ3n) is 3.87. The Bertz CT molecular complexity index is 472. The van der Waals surface area contributed by atoms with Crippen molar-refractivity contribution in [3.05, 3.63) is 24.0 Å². The predicted molar refractivity (Wildman–Crippen MR) is 76.4 cm³/mol. The molecule has 19 heavy (non-hydrogen) atoms. The van der Waals surface area contributed by atoms with Crippen molar-refractivity contribution in [1.82, 2.24) is 14.8 Å². The van der Waals surface area contributed by atoms with Gasteiger partial charge in [0.25, 0.3) is 5.91 Å². The van der Waals surface area contributed by atoms with E-state index in [0.717, 1.165) is 25.3 Å². The molecule has 0 aromatic carbocycles. The Labute approximate surface area is 114 Å². The average Bonchev–Trinajstić information content (AvgIpc) is 2.41. The molecule has 5 heteroatoms. The van der Waals surface area contributed by atoms with Crippen LogP contribution in [0.15, 0.2) is 18.3 Å². The maximum Gasteiger partial charge on any atom is 0.272 e. The molecule has 2 rings (SSSR count). The average molecular weight is 262 g/mol. The monoisotopic (exact) mass is 262 g/mol. The van der Waals surface area contributed by atoms with Gasteiger partial charge in [-0.25, -0.2) is 0 Å². The minimum absolute atomic E-state index is 0.00846. The lowest BCUT2D eigenvalue weighted by atomic mass is 9.99. The molecule has 0 unspecified atom stereocenters. The standard InChI is InChI=1S/C14H22N4O/c1-14(2)10-18(8-7-17(14)4)13(19)12-9-11(15-3)5-6-16-12/h5-6,9H,7-8,10H2,1-4H3,(H,15,16). The summed E-state index contributed by atoms with van der Waals surface area (Å²) in [7, 11) is 3.93. The van der Waals surface area contributed by atoms with Crippen LogP contribution in [-0.2, 0) is 0 Å². The van der Waals surface area contributed by atoms with E-state index in [1.54, 1.807) is 12.3 Å². The van der Waals surface area contributed by atoms with Gasteiger partial charge in [0.1, 0.15) is 5.69 Å². The Morgan fingerprint density at radius 3 is 2.79 bits per heavy atom. The third-order valence-corrected chi connectivity index (χ3v) is 3.87. The van der Waals surface area contributed by atoms with Crippen molar-refractivity contribution >= 4 is 11.6 Å². The molecule has 5 nitrogen and oxygen atoms in total. The summed E-state index contributed by atoms with van der Waals surface area (Å²) >= 11 is 0. The Balaban J connectivity index is 2.15. The molecule has 1 N–H and O–H groups in total. The zero-order valence-electron chi connectivity index (χ0n) is 12.1. The van der Waals surface area contributed by atoms with Gasteiger partial charge >= 0.3 is 0 Å². The zero-order valence-corrected chi connectivity index (χ0v) is 12.1. The summed E-state index contributed by atoms with van der Waals surface area (Å²) < 4.78 is 0. The largest absolute Gasteiger partial charge is 0.388 e. The molecule has 1 fully saturated rings. The van der Waals surface area contributed by atoms with Gasteiger partial charge in [-0.1, -0.05) is 0 Å². The number of hydrogen-bond donors (Lipinski definition) is 1. The lowest BCUT2D eigenvalue weighted by molar-refractivity contribution is 0.0307. The Morgan fingerprint density at radius 2 is 2.16 bits per heavy atom. The molecule has 1 aliphatic heterocycles. The molecular weight excluding hydrogens is 240 g/mol. The maximum absolute atomic E-state index is 12.5. The minimum Gasteiger partial charge on any atom is -0.388 e. The molecule has 0 atom stereocenters. The molecule has 0 spiro atoms. The number of hydrogen-bond acceptors (Lipinski definition) is 4. The summed E-state index contributed by atoms with van der Waals surface area (Å²) in [5.41, 5.74) is 1.42. The maximum atomic E-state index is 12.5. The van der Waals surface area contributed by atoms with E-state index in [4.69, 9.17) is 0 Å². The number of anilines is 1. The van der Waals surface area contributed by atoms with Crippen LogP contribution in [-0.4, -0.2) is 60.0 Å². The molecule has 1 aliphatic rings. The SMILES string of the molecule is CNc1ccnc(C(=O)N2CCN(C)C(C)(C)C2)c1. The Kier molecular flexibility index (Phi) is 3.75. The van der Waals surface area contributed by atoms with Gasteiger partial charge in [-0.15, -0.1) is 0 Å². The van der Waals surface area contributed by atoms with Crippen LogP contribution in [0.25, 0.3) is 0 Å². The first-order valence-electron chi connectivity index (χ1n) is 6.58. The molecule has 1 amide bonds. The summed E-state index contributed by atoms with van der Waals surface area (Å²) in [5, 5.41) is 3.03. The van der Waals surface area contributed by atoms with Crippen molar-refractivity contribution in [2.75, 3.05) is 39.0 Å². The summed E-state index contributed by atoms with van der Waals surface area (Å²) in [6, 6.07) is 3.65. The van der Waals surface area contributed by atoms with E-state index >= 15 is 0 Å². The van der Waals surface area contributed by atoms with E-state index in [-0.39, 0.29) is 11.4 Å². The van der Waals surface area contributed by atoms with Gasteiger partial charge in [0.05, 0.1) is 0 Å². The quantitative estimate of drug-likeness (QED) is 0.872. The number of nitrogens with one attached hydrogen (secondary N) is 1. The smallest absolute Gasteiger partial charge is 0.272 e. The number of carbonyl (C=O) groups is 1. The number of aromatic nitrogens is 1. The topological polar surface area (TPSA) is 48.5 Å². The molecular formula is C14H22N4O. The number of likely N-dealkylation sites (N-methyl/N-ethyl adjacent to an activating group) is 1. The van der Waals surface area contributed by atoms with Crippen LogP contribution < -0.4 is 5.32 Å². The van der Waals surface area contributed by atoms with E-state index in [1.165, 1.54) is 0 Å². The van der Waals surface area contributed by atoms with E-state index in [0.29, 0.717) is 5.69 Å². The fourth-order valence-corrected chi connectivity index (χ4v) is 2.28. The van der Waals surface area contributed by atoms with Gasteiger partial charge < -0.3 is 10.2 Å². The Hall–Kier alpha value is -1.62. The molecule has 0 bridgehead atoms.